The first-order valence-electron chi connectivity index (χ1n) is 8.06. The molecule has 8 heteroatoms. The Balaban J connectivity index is 1.50. The summed E-state index contributed by atoms with van der Waals surface area (Å²) in [4.78, 5) is 11.0. The molecule has 5 nitrogen and oxygen atoms in total. The van der Waals surface area contributed by atoms with Crippen LogP contribution in [0, 0.1) is 0 Å². The summed E-state index contributed by atoms with van der Waals surface area (Å²) < 4.78 is 10.3. The largest absolute Gasteiger partial charge is 0.507 e. The SMILES string of the molecule is O=C(O)c1ccc(NSc2cc(-c3ccc4c(c3)CCO4)c(Cl)s2)cc1O. The molecule has 138 valence electrons. The standard InChI is InChI=1S/C19H14ClNO4S2/c20-18-14(10-1-4-16-11(7-10)5-6-25-16)9-17(26-18)27-21-12-2-3-13(19(23)24)15(22)8-12/h1-4,7-9,21-22H,5-6H2,(H,23,24). The second-order valence-corrected chi connectivity index (χ2v) is 8.68. The van der Waals surface area contributed by atoms with E-state index in [2.05, 4.69) is 10.8 Å². The van der Waals surface area contributed by atoms with Crippen LogP contribution in [0.5, 0.6) is 11.5 Å². The summed E-state index contributed by atoms with van der Waals surface area (Å²) in [5.74, 6) is -0.509. The van der Waals surface area contributed by atoms with Crippen LogP contribution in [0.4, 0.5) is 5.69 Å². The van der Waals surface area contributed by atoms with Crippen LogP contribution in [-0.4, -0.2) is 22.8 Å². The summed E-state index contributed by atoms with van der Waals surface area (Å²) >= 11 is 9.24. The number of anilines is 1. The summed E-state index contributed by atoms with van der Waals surface area (Å²) in [7, 11) is 0. The van der Waals surface area contributed by atoms with Gasteiger partial charge in [0.1, 0.15) is 21.4 Å². The number of carboxylic acid groups (broad SMARTS) is 1. The molecule has 3 N–H and O–H groups in total. The molecule has 2 aromatic carbocycles. The zero-order chi connectivity index (χ0) is 19.0. The van der Waals surface area contributed by atoms with Crippen molar-refractivity contribution in [2.45, 2.75) is 10.6 Å². The highest BCUT2D eigenvalue weighted by Crippen LogP contribution is 2.42. The predicted octanol–water partition coefficient (Wildman–Crippen LogP) is 5.53. The molecule has 0 saturated carbocycles. The fourth-order valence-electron chi connectivity index (χ4n) is 2.83. The molecular weight excluding hydrogens is 406 g/mol. The smallest absolute Gasteiger partial charge is 0.339 e. The summed E-state index contributed by atoms with van der Waals surface area (Å²) in [6, 6.07) is 12.4. The molecule has 2 heterocycles. The van der Waals surface area contributed by atoms with E-state index in [-0.39, 0.29) is 11.3 Å². The Hall–Kier alpha value is -2.35. The van der Waals surface area contributed by atoms with Crippen molar-refractivity contribution >= 4 is 46.5 Å². The fraction of sp³-hybridized carbons (Fsp3) is 0.105. The van der Waals surface area contributed by atoms with Gasteiger partial charge in [0.25, 0.3) is 0 Å². The summed E-state index contributed by atoms with van der Waals surface area (Å²) in [5, 5.41) is 18.7. The van der Waals surface area contributed by atoms with Crippen LogP contribution in [0.1, 0.15) is 15.9 Å². The number of carboxylic acids is 1. The van der Waals surface area contributed by atoms with Gasteiger partial charge in [0.15, 0.2) is 0 Å². The predicted molar refractivity (Wildman–Crippen MR) is 109 cm³/mol. The number of aromatic hydroxyl groups is 1. The highest BCUT2D eigenvalue weighted by molar-refractivity contribution is 8.02. The van der Waals surface area contributed by atoms with Gasteiger partial charge < -0.3 is 19.7 Å². The van der Waals surface area contributed by atoms with Crippen LogP contribution in [-0.2, 0) is 6.42 Å². The maximum absolute atomic E-state index is 11.0. The lowest BCUT2D eigenvalue weighted by molar-refractivity contribution is 0.0694. The van der Waals surface area contributed by atoms with Crippen molar-refractivity contribution in [2.24, 2.45) is 0 Å². The number of aromatic carboxylic acids is 1. The van der Waals surface area contributed by atoms with Gasteiger partial charge in [-0.15, -0.1) is 11.3 Å². The number of rotatable bonds is 5. The minimum absolute atomic E-state index is 0.132. The second kappa shape index (κ2) is 7.34. The molecule has 1 aliphatic rings. The fourth-order valence-corrected chi connectivity index (χ4v) is 5.09. The van der Waals surface area contributed by atoms with Gasteiger partial charge in [-0.1, -0.05) is 17.7 Å². The Morgan fingerprint density at radius 1 is 1.22 bits per heavy atom. The third-order valence-electron chi connectivity index (χ3n) is 4.16. The molecule has 1 aliphatic heterocycles. The van der Waals surface area contributed by atoms with E-state index in [9.17, 15) is 9.90 Å². The van der Waals surface area contributed by atoms with Crippen LogP contribution in [0.2, 0.25) is 4.34 Å². The monoisotopic (exact) mass is 419 g/mol. The van der Waals surface area contributed by atoms with Gasteiger partial charge in [-0.25, -0.2) is 4.79 Å². The molecule has 0 saturated heterocycles. The number of hydrogen-bond donors (Lipinski definition) is 3. The third kappa shape index (κ3) is 3.71. The minimum Gasteiger partial charge on any atom is -0.507 e. The van der Waals surface area contributed by atoms with Crippen molar-refractivity contribution in [1.29, 1.82) is 0 Å². The molecule has 4 rings (SSSR count). The van der Waals surface area contributed by atoms with Crippen LogP contribution < -0.4 is 9.46 Å². The Kier molecular flexibility index (Phi) is 4.90. The van der Waals surface area contributed by atoms with Gasteiger partial charge in [0.2, 0.25) is 0 Å². The first kappa shape index (κ1) is 18.0. The van der Waals surface area contributed by atoms with Gasteiger partial charge in [-0.05, 0) is 53.4 Å². The van der Waals surface area contributed by atoms with E-state index in [1.165, 1.54) is 41.0 Å². The number of hydrogen-bond acceptors (Lipinski definition) is 6. The van der Waals surface area contributed by atoms with Crippen molar-refractivity contribution in [3.8, 4) is 22.6 Å². The average molecular weight is 420 g/mol. The first-order valence-corrected chi connectivity index (χ1v) is 10.1. The van der Waals surface area contributed by atoms with E-state index < -0.39 is 5.97 Å². The quantitative estimate of drug-likeness (QED) is 0.472. The lowest BCUT2D eigenvalue weighted by Crippen LogP contribution is -1.97. The van der Waals surface area contributed by atoms with Crippen LogP contribution in [0.25, 0.3) is 11.1 Å². The molecule has 0 aliphatic carbocycles. The van der Waals surface area contributed by atoms with E-state index in [1.54, 1.807) is 6.07 Å². The third-order valence-corrected chi connectivity index (χ3v) is 6.47. The molecule has 0 fully saturated rings. The summed E-state index contributed by atoms with van der Waals surface area (Å²) in [5.41, 5.74) is 3.67. The average Bonchev–Trinajstić information content (AvgIpc) is 3.25. The second-order valence-electron chi connectivity index (χ2n) is 5.91. The molecule has 0 radical (unpaired) electrons. The van der Waals surface area contributed by atoms with Crippen LogP contribution in [0.15, 0.2) is 46.7 Å². The molecule has 0 unspecified atom stereocenters. The van der Waals surface area contributed by atoms with Gasteiger partial charge in [0, 0.05) is 23.7 Å². The Bertz CT molecular complexity index is 1030. The molecule has 3 aromatic rings. The Morgan fingerprint density at radius 3 is 2.85 bits per heavy atom. The molecule has 0 spiro atoms. The van der Waals surface area contributed by atoms with Crippen molar-refractivity contribution < 1.29 is 19.7 Å². The zero-order valence-corrected chi connectivity index (χ0v) is 16.2. The number of nitrogens with one attached hydrogen (secondary N) is 1. The molecule has 1 aromatic heterocycles. The lowest BCUT2D eigenvalue weighted by Gasteiger charge is -2.06. The minimum atomic E-state index is -1.17. The number of halogens is 1. The van der Waals surface area contributed by atoms with E-state index in [0.29, 0.717) is 16.6 Å². The van der Waals surface area contributed by atoms with Crippen molar-refractivity contribution in [2.75, 3.05) is 11.3 Å². The van der Waals surface area contributed by atoms with Crippen molar-refractivity contribution in [3.63, 3.8) is 0 Å². The number of carbonyl (C=O) groups is 1. The molecule has 27 heavy (non-hydrogen) atoms. The van der Waals surface area contributed by atoms with Crippen molar-refractivity contribution in [3.05, 3.63) is 57.9 Å². The van der Waals surface area contributed by atoms with Gasteiger partial charge >= 0.3 is 5.97 Å². The van der Waals surface area contributed by atoms with E-state index >= 15 is 0 Å². The molecular formula is C19H14ClNO4S2. The molecule has 0 amide bonds. The van der Waals surface area contributed by atoms with E-state index in [0.717, 1.165) is 27.5 Å². The number of phenols is 1. The Labute approximate surface area is 168 Å². The normalized spacial score (nSPS) is 12.5. The van der Waals surface area contributed by atoms with Crippen LogP contribution in [0.3, 0.4) is 0 Å². The number of ether oxygens (including phenoxy) is 1. The topological polar surface area (TPSA) is 78.8 Å². The van der Waals surface area contributed by atoms with Crippen molar-refractivity contribution in [1.82, 2.24) is 0 Å². The van der Waals surface area contributed by atoms with Gasteiger partial charge in [0.05, 0.1) is 10.8 Å². The number of thiophene rings is 1. The Morgan fingerprint density at radius 2 is 2.07 bits per heavy atom. The zero-order valence-electron chi connectivity index (χ0n) is 13.9. The van der Waals surface area contributed by atoms with Crippen LogP contribution >= 0.6 is 34.9 Å². The number of fused-ring (bicyclic) bond motifs is 1. The maximum atomic E-state index is 11.0. The number of benzene rings is 2. The van der Waals surface area contributed by atoms with E-state index in [4.69, 9.17) is 21.4 Å². The first-order chi connectivity index (χ1) is 13.0. The molecule has 0 atom stereocenters. The van der Waals surface area contributed by atoms with Gasteiger partial charge in [-0.3, -0.25) is 0 Å². The lowest BCUT2D eigenvalue weighted by atomic mass is 10.0. The summed E-state index contributed by atoms with van der Waals surface area (Å²) in [6.45, 7) is 0.717. The molecule has 0 bridgehead atoms. The summed E-state index contributed by atoms with van der Waals surface area (Å²) in [6.07, 6.45) is 0.907. The van der Waals surface area contributed by atoms with Gasteiger partial charge in [-0.2, -0.15) is 0 Å². The highest BCUT2D eigenvalue weighted by atomic mass is 35.5. The maximum Gasteiger partial charge on any atom is 0.339 e. The highest BCUT2D eigenvalue weighted by Gasteiger charge is 2.16. The van der Waals surface area contributed by atoms with E-state index in [1.807, 2.05) is 18.2 Å².